The van der Waals surface area contributed by atoms with Crippen LogP contribution in [0.5, 0.6) is 0 Å². The van der Waals surface area contributed by atoms with Gasteiger partial charge in [0.05, 0.1) is 11.6 Å². The van der Waals surface area contributed by atoms with E-state index in [4.69, 9.17) is 18.0 Å². The van der Waals surface area contributed by atoms with Gasteiger partial charge < -0.3 is 4.90 Å². The van der Waals surface area contributed by atoms with Crippen LogP contribution in [0.25, 0.3) is 0 Å². The molecule has 0 fully saturated rings. The van der Waals surface area contributed by atoms with Crippen LogP contribution in [0, 0.1) is 15.9 Å². The van der Waals surface area contributed by atoms with Crippen LogP contribution in [0.3, 0.4) is 0 Å². The molecule has 0 radical (unpaired) electrons. The van der Waals surface area contributed by atoms with Gasteiger partial charge in [-0.25, -0.2) is 0 Å². The summed E-state index contributed by atoms with van der Waals surface area (Å²) in [5.74, 6) is 2.30. The first-order valence-corrected chi connectivity index (χ1v) is 5.66. The molecule has 0 aliphatic heterocycles. The molecule has 1 aromatic carbocycles. The molecule has 0 N–H and O–H groups in total. The third-order valence-electron chi connectivity index (χ3n) is 1.84. The Kier molecular flexibility index (Phi) is 4.43. The zero-order valence-electron chi connectivity index (χ0n) is 8.13. The highest BCUT2D eigenvalue weighted by Gasteiger charge is 2.11. The number of hydrogen-bond donors (Lipinski definition) is 0. The van der Waals surface area contributed by atoms with Gasteiger partial charge in [-0.15, -0.1) is 6.42 Å². The summed E-state index contributed by atoms with van der Waals surface area (Å²) in [5, 5.41) is 0.579. The molecule has 2 nitrogen and oxygen atoms in total. The van der Waals surface area contributed by atoms with E-state index in [2.05, 4.69) is 28.5 Å². The van der Waals surface area contributed by atoms with Gasteiger partial charge in [0, 0.05) is 16.2 Å². The van der Waals surface area contributed by atoms with E-state index in [-0.39, 0.29) is 5.91 Å². The van der Waals surface area contributed by atoms with Crippen LogP contribution in [0.4, 0.5) is 0 Å². The first-order valence-electron chi connectivity index (χ1n) is 4.20. The smallest absolute Gasteiger partial charge is 0.254 e. The fourth-order valence-corrected chi connectivity index (χ4v) is 1.57. The molecule has 0 atom stereocenters. The SMILES string of the molecule is C#CCN(C)C(=O)c1ccc(I)c(Cl)c1. The Morgan fingerprint density at radius 3 is 2.87 bits per heavy atom. The molecule has 1 rings (SSSR count). The molecule has 0 heterocycles. The minimum atomic E-state index is -0.119. The molecule has 0 spiro atoms. The number of halogens is 2. The Morgan fingerprint density at radius 2 is 2.33 bits per heavy atom. The zero-order valence-corrected chi connectivity index (χ0v) is 11.0. The molecule has 0 unspecified atom stereocenters. The average Bonchev–Trinajstić information content (AvgIpc) is 2.21. The number of rotatable bonds is 2. The molecule has 78 valence electrons. The van der Waals surface area contributed by atoms with Crippen molar-refractivity contribution in [1.82, 2.24) is 4.90 Å². The Labute approximate surface area is 108 Å². The van der Waals surface area contributed by atoms with E-state index in [1.807, 2.05) is 0 Å². The maximum absolute atomic E-state index is 11.8. The maximum Gasteiger partial charge on any atom is 0.254 e. The van der Waals surface area contributed by atoms with Crippen molar-refractivity contribution in [3.05, 3.63) is 32.4 Å². The second kappa shape index (κ2) is 5.38. The highest BCUT2D eigenvalue weighted by molar-refractivity contribution is 14.1. The lowest BCUT2D eigenvalue weighted by Gasteiger charge is -2.13. The standard InChI is InChI=1S/C11H9ClINO/c1-3-6-14(2)11(15)8-4-5-10(13)9(12)7-8/h1,4-5,7H,6H2,2H3. The van der Waals surface area contributed by atoms with Crippen molar-refractivity contribution >= 4 is 40.1 Å². The van der Waals surface area contributed by atoms with Crippen molar-refractivity contribution in [2.24, 2.45) is 0 Å². The number of hydrogen-bond acceptors (Lipinski definition) is 1. The minimum absolute atomic E-state index is 0.119. The van der Waals surface area contributed by atoms with Crippen LogP contribution < -0.4 is 0 Å². The van der Waals surface area contributed by atoms with Crippen molar-refractivity contribution < 1.29 is 4.79 Å². The molecule has 0 saturated heterocycles. The molecule has 4 heteroatoms. The first-order chi connectivity index (χ1) is 7.06. The summed E-state index contributed by atoms with van der Waals surface area (Å²) < 4.78 is 0.922. The Balaban J connectivity index is 2.93. The van der Waals surface area contributed by atoms with Gasteiger partial charge in [-0.1, -0.05) is 17.5 Å². The van der Waals surface area contributed by atoms with Gasteiger partial charge in [-0.3, -0.25) is 4.79 Å². The van der Waals surface area contributed by atoms with Gasteiger partial charge in [-0.05, 0) is 40.8 Å². The highest BCUT2D eigenvalue weighted by atomic mass is 127. The minimum Gasteiger partial charge on any atom is -0.331 e. The van der Waals surface area contributed by atoms with E-state index in [1.54, 1.807) is 25.2 Å². The first kappa shape index (κ1) is 12.3. The Bertz CT molecular complexity index is 425. The van der Waals surface area contributed by atoms with Crippen molar-refractivity contribution in [2.75, 3.05) is 13.6 Å². The van der Waals surface area contributed by atoms with Gasteiger partial charge >= 0.3 is 0 Å². The van der Waals surface area contributed by atoms with Gasteiger partial charge in [0.25, 0.3) is 5.91 Å². The molecule has 15 heavy (non-hydrogen) atoms. The molecule has 0 aromatic heterocycles. The predicted molar refractivity (Wildman–Crippen MR) is 70.0 cm³/mol. The van der Waals surface area contributed by atoms with Gasteiger partial charge in [0.1, 0.15) is 0 Å². The number of amides is 1. The fourth-order valence-electron chi connectivity index (χ4n) is 1.06. The lowest BCUT2D eigenvalue weighted by Crippen LogP contribution is -2.26. The van der Waals surface area contributed by atoms with Crippen LogP contribution in [0.2, 0.25) is 5.02 Å². The van der Waals surface area contributed by atoms with E-state index in [0.717, 1.165) is 3.57 Å². The lowest BCUT2D eigenvalue weighted by atomic mass is 10.2. The van der Waals surface area contributed by atoms with Crippen LogP contribution in [-0.4, -0.2) is 24.4 Å². The van der Waals surface area contributed by atoms with Crippen molar-refractivity contribution in [1.29, 1.82) is 0 Å². The average molecular weight is 334 g/mol. The summed E-state index contributed by atoms with van der Waals surface area (Å²) in [4.78, 5) is 13.2. The molecule has 1 aromatic rings. The van der Waals surface area contributed by atoms with E-state index in [9.17, 15) is 4.79 Å². The summed E-state index contributed by atoms with van der Waals surface area (Å²) in [6, 6.07) is 5.20. The highest BCUT2D eigenvalue weighted by Crippen LogP contribution is 2.20. The number of nitrogens with zero attached hydrogens (tertiary/aromatic N) is 1. The normalized spacial score (nSPS) is 9.47. The molecule has 1 amide bonds. The van der Waals surface area contributed by atoms with Crippen molar-refractivity contribution in [2.45, 2.75) is 0 Å². The zero-order chi connectivity index (χ0) is 11.4. The van der Waals surface area contributed by atoms with E-state index in [0.29, 0.717) is 17.1 Å². The summed E-state index contributed by atoms with van der Waals surface area (Å²) in [7, 11) is 1.66. The number of benzene rings is 1. The second-order valence-corrected chi connectivity index (χ2v) is 4.56. The van der Waals surface area contributed by atoms with Crippen LogP contribution >= 0.6 is 34.2 Å². The van der Waals surface area contributed by atoms with E-state index < -0.39 is 0 Å². The molecule has 0 saturated carbocycles. The number of carbonyl (C=O) groups excluding carboxylic acids is 1. The van der Waals surface area contributed by atoms with Crippen LogP contribution in [0.1, 0.15) is 10.4 Å². The fraction of sp³-hybridized carbons (Fsp3) is 0.182. The van der Waals surface area contributed by atoms with Crippen LogP contribution in [-0.2, 0) is 0 Å². The monoisotopic (exact) mass is 333 g/mol. The van der Waals surface area contributed by atoms with Gasteiger partial charge in [0.2, 0.25) is 0 Å². The second-order valence-electron chi connectivity index (χ2n) is 2.99. The van der Waals surface area contributed by atoms with Gasteiger partial charge in [0.15, 0.2) is 0 Å². The topological polar surface area (TPSA) is 20.3 Å². The summed E-state index contributed by atoms with van der Waals surface area (Å²) in [6.07, 6.45) is 5.13. The lowest BCUT2D eigenvalue weighted by molar-refractivity contribution is 0.0812. The van der Waals surface area contributed by atoms with E-state index in [1.165, 1.54) is 4.90 Å². The summed E-state index contributed by atoms with van der Waals surface area (Å²) >= 11 is 8.03. The largest absolute Gasteiger partial charge is 0.331 e. The van der Waals surface area contributed by atoms with Crippen LogP contribution in [0.15, 0.2) is 18.2 Å². The third kappa shape index (κ3) is 3.11. The predicted octanol–water partition coefficient (Wildman–Crippen LogP) is 2.65. The number of carbonyl (C=O) groups is 1. The molecule has 0 aliphatic rings. The molecule has 0 bridgehead atoms. The van der Waals surface area contributed by atoms with Crippen molar-refractivity contribution in [3.63, 3.8) is 0 Å². The summed E-state index contributed by atoms with van der Waals surface area (Å²) in [5.41, 5.74) is 0.554. The quantitative estimate of drug-likeness (QED) is 0.602. The van der Waals surface area contributed by atoms with Gasteiger partial charge in [-0.2, -0.15) is 0 Å². The van der Waals surface area contributed by atoms with E-state index >= 15 is 0 Å². The Morgan fingerprint density at radius 1 is 1.67 bits per heavy atom. The number of terminal acetylenes is 1. The molecule has 0 aliphatic carbocycles. The maximum atomic E-state index is 11.8. The molecular weight excluding hydrogens is 324 g/mol. The molecular formula is C11H9ClINO. The Hall–Kier alpha value is -0.730. The third-order valence-corrected chi connectivity index (χ3v) is 3.41. The summed E-state index contributed by atoms with van der Waals surface area (Å²) in [6.45, 7) is 0.294. The van der Waals surface area contributed by atoms with Crippen molar-refractivity contribution in [3.8, 4) is 12.3 Å².